The summed E-state index contributed by atoms with van der Waals surface area (Å²) in [6, 6.07) is 7.10. The first-order valence-electron chi connectivity index (χ1n) is 7.81. The van der Waals surface area contributed by atoms with Crippen LogP contribution in [0.5, 0.6) is 5.75 Å². The van der Waals surface area contributed by atoms with Gasteiger partial charge >= 0.3 is 0 Å². The maximum absolute atomic E-state index is 9.91. The molecule has 2 N–H and O–H groups in total. The van der Waals surface area contributed by atoms with Crippen molar-refractivity contribution in [1.29, 1.82) is 0 Å². The summed E-state index contributed by atoms with van der Waals surface area (Å²) >= 11 is 0. The van der Waals surface area contributed by atoms with Crippen LogP contribution >= 0.6 is 0 Å². The van der Waals surface area contributed by atoms with E-state index in [1.54, 1.807) is 0 Å². The second kappa shape index (κ2) is 5.54. The molecule has 2 heteroatoms. The molecule has 0 aromatic heterocycles. The molecule has 0 amide bonds. The Kier molecular flexibility index (Phi) is 3.79. The van der Waals surface area contributed by atoms with Crippen LogP contribution in [0.25, 0.3) is 0 Å². The van der Waals surface area contributed by atoms with Crippen LogP contribution in [-0.4, -0.2) is 11.1 Å². The van der Waals surface area contributed by atoms with E-state index in [-0.39, 0.29) is 0 Å². The van der Waals surface area contributed by atoms with Crippen LogP contribution in [0, 0.1) is 5.92 Å². The van der Waals surface area contributed by atoms with Crippen molar-refractivity contribution in [3.8, 4) is 5.75 Å². The third kappa shape index (κ3) is 2.79. The first kappa shape index (κ1) is 13.0. The summed E-state index contributed by atoms with van der Waals surface area (Å²) in [4.78, 5) is 0. The monoisotopic (exact) mass is 259 g/mol. The third-order valence-corrected chi connectivity index (χ3v) is 4.94. The van der Waals surface area contributed by atoms with E-state index in [4.69, 9.17) is 0 Å². The molecule has 19 heavy (non-hydrogen) atoms. The van der Waals surface area contributed by atoms with Gasteiger partial charge in [0, 0.05) is 12.1 Å². The van der Waals surface area contributed by atoms with Gasteiger partial charge in [-0.05, 0) is 55.2 Å². The van der Waals surface area contributed by atoms with Gasteiger partial charge in [-0.2, -0.15) is 0 Å². The summed E-state index contributed by atoms with van der Waals surface area (Å²) in [6.07, 6.45) is 8.89. The van der Waals surface area contributed by atoms with Crippen LogP contribution < -0.4 is 5.32 Å². The lowest BCUT2D eigenvalue weighted by Crippen LogP contribution is -2.31. The normalized spacial score (nSPS) is 30.9. The molecule has 2 nitrogen and oxygen atoms in total. The quantitative estimate of drug-likeness (QED) is 0.789. The highest BCUT2D eigenvalue weighted by molar-refractivity contribution is 5.44. The highest BCUT2D eigenvalue weighted by Crippen LogP contribution is 2.37. The van der Waals surface area contributed by atoms with Crippen LogP contribution in [0.4, 0.5) is 0 Å². The number of hydrogen-bond acceptors (Lipinski definition) is 2. The maximum atomic E-state index is 9.91. The second-order valence-electron chi connectivity index (χ2n) is 6.41. The molecule has 0 bridgehead atoms. The number of rotatable bonds is 2. The molecule has 0 radical (unpaired) electrons. The molecule has 3 rings (SSSR count). The molecule has 104 valence electrons. The molecular weight excluding hydrogens is 234 g/mol. The molecule has 0 heterocycles. The predicted molar refractivity (Wildman–Crippen MR) is 78.3 cm³/mol. The molecule has 1 fully saturated rings. The topological polar surface area (TPSA) is 32.3 Å². The zero-order chi connectivity index (χ0) is 13.2. The van der Waals surface area contributed by atoms with Gasteiger partial charge in [0.1, 0.15) is 5.75 Å². The van der Waals surface area contributed by atoms with Crippen molar-refractivity contribution in [3.05, 3.63) is 29.3 Å². The van der Waals surface area contributed by atoms with E-state index in [2.05, 4.69) is 18.3 Å². The van der Waals surface area contributed by atoms with E-state index >= 15 is 0 Å². The maximum Gasteiger partial charge on any atom is 0.119 e. The number of aromatic hydroxyl groups is 1. The van der Waals surface area contributed by atoms with Gasteiger partial charge in [-0.3, -0.25) is 0 Å². The van der Waals surface area contributed by atoms with Crippen molar-refractivity contribution in [2.24, 2.45) is 5.92 Å². The summed E-state index contributed by atoms with van der Waals surface area (Å²) in [5.74, 6) is 1.38. The Morgan fingerprint density at radius 1 is 1.11 bits per heavy atom. The number of fused-ring (bicyclic) bond motifs is 1. The predicted octanol–water partition coefficient (Wildman–Crippen LogP) is 3.94. The van der Waals surface area contributed by atoms with Crippen LogP contribution in [-0.2, 0) is 6.42 Å². The Bertz CT molecular complexity index is 443. The van der Waals surface area contributed by atoms with Crippen molar-refractivity contribution in [3.63, 3.8) is 0 Å². The van der Waals surface area contributed by atoms with Gasteiger partial charge in [0.05, 0.1) is 0 Å². The highest BCUT2D eigenvalue weighted by Gasteiger charge is 2.27. The van der Waals surface area contributed by atoms with E-state index in [0.717, 1.165) is 18.8 Å². The second-order valence-corrected chi connectivity index (χ2v) is 6.41. The standard InChI is InChI=1S/C17H25NO/c1-12-4-2-5-13(9-8-12)18-16-11-10-15-14(16)6-3-7-17(15)19/h3,6-7,12-13,16,18-19H,2,4-5,8-11H2,1H3. The van der Waals surface area contributed by atoms with Crippen molar-refractivity contribution in [2.45, 2.75) is 64.0 Å². The molecule has 1 saturated carbocycles. The van der Waals surface area contributed by atoms with Gasteiger partial charge in [0.15, 0.2) is 0 Å². The Morgan fingerprint density at radius 2 is 2.00 bits per heavy atom. The van der Waals surface area contributed by atoms with E-state index in [1.807, 2.05) is 12.1 Å². The van der Waals surface area contributed by atoms with Gasteiger partial charge < -0.3 is 10.4 Å². The van der Waals surface area contributed by atoms with Crippen molar-refractivity contribution >= 4 is 0 Å². The van der Waals surface area contributed by atoms with Gasteiger partial charge in [-0.25, -0.2) is 0 Å². The van der Waals surface area contributed by atoms with Crippen LogP contribution in [0.15, 0.2) is 18.2 Å². The fourth-order valence-corrected chi connectivity index (χ4v) is 3.75. The number of benzene rings is 1. The fourth-order valence-electron chi connectivity index (χ4n) is 3.75. The molecule has 2 aliphatic rings. The van der Waals surface area contributed by atoms with Crippen LogP contribution in [0.2, 0.25) is 0 Å². The lowest BCUT2D eigenvalue weighted by Gasteiger charge is -2.22. The van der Waals surface area contributed by atoms with E-state index in [1.165, 1.54) is 43.2 Å². The van der Waals surface area contributed by atoms with Gasteiger partial charge in [-0.1, -0.05) is 31.9 Å². The molecule has 2 aliphatic carbocycles. The first-order valence-corrected chi connectivity index (χ1v) is 7.81. The summed E-state index contributed by atoms with van der Waals surface area (Å²) in [6.45, 7) is 2.38. The number of hydrogen-bond donors (Lipinski definition) is 2. The molecule has 1 aromatic carbocycles. The molecule has 1 aromatic rings. The van der Waals surface area contributed by atoms with E-state index < -0.39 is 0 Å². The number of nitrogens with one attached hydrogen (secondary N) is 1. The smallest absolute Gasteiger partial charge is 0.119 e. The minimum atomic E-state index is 0.459. The van der Waals surface area contributed by atoms with Gasteiger partial charge in [0.2, 0.25) is 0 Å². The number of phenolic OH excluding ortho intramolecular Hbond substituents is 1. The molecule has 3 unspecified atom stereocenters. The summed E-state index contributed by atoms with van der Waals surface area (Å²) < 4.78 is 0. The van der Waals surface area contributed by atoms with Crippen LogP contribution in [0.1, 0.15) is 62.6 Å². The summed E-state index contributed by atoms with van der Waals surface area (Å²) in [7, 11) is 0. The van der Waals surface area contributed by atoms with Gasteiger partial charge in [-0.15, -0.1) is 0 Å². The molecule has 0 spiro atoms. The Hall–Kier alpha value is -1.02. The largest absolute Gasteiger partial charge is 0.508 e. The summed E-state index contributed by atoms with van der Waals surface area (Å²) in [5, 5.41) is 13.8. The fraction of sp³-hybridized carbons (Fsp3) is 0.647. The highest BCUT2D eigenvalue weighted by atomic mass is 16.3. The van der Waals surface area contributed by atoms with Crippen molar-refractivity contribution < 1.29 is 5.11 Å². The Labute approximate surface area is 116 Å². The first-order chi connectivity index (χ1) is 9.24. The number of phenols is 1. The minimum absolute atomic E-state index is 0.459. The van der Waals surface area contributed by atoms with Crippen LogP contribution in [0.3, 0.4) is 0 Å². The third-order valence-electron chi connectivity index (χ3n) is 4.94. The minimum Gasteiger partial charge on any atom is -0.508 e. The Balaban J connectivity index is 1.67. The molecule has 0 saturated heterocycles. The average molecular weight is 259 g/mol. The SMILES string of the molecule is CC1CCCC(NC2CCc3c(O)cccc32)CC1. The average Bonchev–Trinajstić information content (AvgIpc) is 2.69. The Morgan fingerprint density at radius 3 is 2.89 bits per heavy atom. The van der Waals surface area contributed by atoms with Gasteiger partial charge in [0.25, 0.3) is 0 Å². The zero-order valence-electron chi connectivity index (χ0n) is 11.9. The zero-order valence-corrected chi connectivity index (χ0v) is 11.9. The van der Waals surface area contributed by atoms with E-state index in [0.29, 0.717) is 17.8 Å². The summed E-state index contributed by atoms with van der Waals surface area (Å²) in [5.41, 5.74) is 2.50. The van der Waals surface area contributed by atoms with Crippen molar-refractivity contribution in [2.75, 3.05) is 0 Å². The van der Waals surface area contributed by atoms with E-state index in [9.17, 15) is 5.11 Å². The van der Waals surface area contributed by atoms with Crippen molar-refractivity contribution in [1.82, 2.24) is 5.32 Å². The molecular formula is C17H25NO. The molecule has 3 atom stereocenters. The molecule has 0 aliphatic heterocycles. The lowest BCUT2D eigenvalue weighted by molar-refractivity contribution is 0.392. The lowest BCUT2D eigenvalue weighted by atomic mass is 10.0.